The standard InChI is InChI=1S/C15H29NO2/c1-4-9-14(15(17)18-5-2)16-13-11-8-6-7-10-12(13)3/h12-14,16H,4-11H2,1-3H3. The lowest BCUT2D eigenvalue weighted by atomic mass is 9.95. The number of carbonyl (C=O) groups excluding carboxylic acids is 1. The molecule has 106 valence electrons. The monoisotopic (exact) mass is 255 g/mol. The average Bonchev–Trinajstić information content (AvgIpc) is 2.54. The molecule has 1 fully saturated rings. The quantitative estimate of drug-likeness (QED) is 0.585. The van der Waals surface area contributed by atoms with Crippen molar-refractivity contribution in [2.75, 3.05) is 6.61 Å². The highest BCUT2D eigenvalue weighted by Gasteiger charge is 2.26. The molecule has 0 bridgehead atoms. The highest BCUT2D eigenvalue weighted by atomic mass is 16.5. The largest absolute Gasteiger partial charge is 0.465 e. The number of carbonyl (C=O) groups is 1. The molecule has 3 unspecified atom stereocenters. The van der Waals surface area contributed by atoms with Gasteiger partial charge in [-0.3, -0.25) is 4.79 Å². The molecule has 0 amide bonds. The van der Waals surface area contributed by atoms with Crippen molar-refractivity contribution in [1.29, 1.82) is 0 Å². The highest BCUT2D eigenvalue weighted by Crippen LogP contribution is 2.23. The van der Waals surface area contributed by atoms with Crippen LogP contribution in [0.15, 0.2) is 0 Å². The minimum atomic E-state index is -0.111. The van der Waals surface area contributed by atoms with Crippen LogP contribution in [0.1, 0.15) is 65.7 Å². The molecule has 0 radical (unpaired) electrons. The molecule has 1 rings (SSSR count). The fourth-order valence-electron chi connectivity index (χ4n) is 2.80. The van der Waals surface area contributed by atoms with Gasteiger partial charge in [0, 0.05) is 6.04 Å². The molecule has 0 aromatic heterocycles. The first-order chi connectivity index (χ1) is 8.69. The van der Waals surface area contributed by atoms with Crippen LogP contribution >= 0.6 is 0 Å². The minimum Gasteiger partial charge on any atom is -0.465 e. The SMILES string of the molecule is CCCC(NC1CCCCCC1C)C(=O)OCC. The summed E-state index contributed by atoms with van der Waals surface area (Å²) < 4.78 is 5.16. The van der Waals surface area contributed by atoms with Gasteiger partial charge in [-0.05, 0) is 32.1 Å². The van der Waals surface area contributed by atoms with Crippen molar-refractivity contribution < 1.29 is 9.53 Å². The fourth-order valence-corrected chi connectivity index (χ4v) is 2.80. The third-order valence-electron chi connectivity index (χ3n) is 3.93. The van der Waals surface area contributed by atoms with Gasteiger partial charge < -0.3 is 10.1 Å². The summed E-state index contributed by atoms with van der Waals surface area (Å²) in [5.41, 5.74) is 0. The van der Waals surface area contributed by atoms with Crippen LogP contribution in [-0.2, 0) is 9.53 Å². The van der Waals surface area contributed by atoms with Gasteiger partial charge in [0.25, 0.3) is 0 Å². The zero-order chi connectivity index (χ0) is 13.4. The Morgan fingerprint density at radius 2 is 2.00 bits per heavy atom. The van der Waals surface area contributed by atoms with Crippen molar-refractivity contribution in [2.45, 2.75) is 77.8 Å². The summed E-state index contributed by atoms with van der Waals surface area (Å²) >= 11 is 0. The van der Waals surface area contributed by atoms with Crippen LogP contribution in [0.3, 0.4) is 0 Å². The Kier molecular flexibility index (Phi) is 7.33. The zero-order valence-electron chi connectivity index (χ0n) is 12.2. The topological polar surface area (TPSA) is 38.3 Å². The molecule has 0 aromatic carbocycles. The van der Waals surface area contributed by atoms with Gasteiger partial charge in [-0.2, -0.15) is 0 Å². The first-order valence-corrected chi connectivity index (χ1v) is 7.61. The highest BCUT2D eigenvalue weighted by molar-refractivity contribution is 5.75. The first kappa shape index (κ1) is 15.5. The van der Waals surface area contributed by atoms with E-state index in [2.05, 4.69) is 19.2 Å². The number of ether oxygens (including phenoxy) is 1. The summed E-state index contributed by atoms with van der Waals surface area (Å²) in [4.78, 5) is 11.9. The number of hydrogen-bond donors (Lipinski definition) is 1. The molecule has 1 aliphatic rings. The van der Waals surface area contributed by atoms with Gasteiger partial charge in [0.1, 0.15) is 6.04 Å². The van der Waals surface area contributed by atoms with Gasteiger partial charge in [0.15, 0.2) is 0 Å². The van der Waals surface area contributed by atoms with Crippen LogP contribution in [0, 0.1) is 5.92 Å². The summed E-state index contributed by atoms with van der Waals surface area (Å²) in [5.74, 6) is 0.595. The molecule has 3 atom stereocenters. The van der Waals surface area contributed by atoms with E-state index < -0.39 is 0 Å². The fraction of sp³-hybridized carbons (Fsp3) is 0.933. The molecule has 1 saturated carbocycles. The van der Waals surface area contributed by atoms with E-state index in [1.807, 2.05) is 6.92 Å². The van der Waals surface area contributed by atoms with E-state index in [1.54, 1.807) is 0 Å². The molecule has 18 heavy (non-hydrogen) atoms. The van der Waals surface area contributed by atoms with Crippen molar-refractivity contribution >= 4 is 5.97 Å². The summed E-state index contributed by atoms with van der Waals surface area (Å²) in [7, 11) is 0. The van der Waals surface area contributed by atoms with Gasteiger partial charge in [0.2, 0.25) is 0 Å². The van der Waals surface area contributed by atoms with Crippen LogP contribution in [-0.4, -0.2) is 24.7 Å². The van der Waals surface area contributed by atoms with E-state index >= 15 is 0 Å². The Hall–Kier alpha value is -0.570. The molecular weight excluding hydrogens is 226 g/mol. The molecule has 3 nitrogen and oxygen atoms in total. The van der Waals surface area contributed by atoms with Gasteiger partial charge in [-0.25, -0.2) is 0 Å². The van der Waals surface area contributed by atoms with E-state index in [4.69, 9.17) is 4.74 Å². The van der Waals surface area contributed by atoms with Gasteiger partial charge in [-0.15, -0.1) is 0 Å². The predicted molar refractivity (Wildman–Crippen MR) is 74.5 cm³/mol. The van der Waals surface area contributed by atoms with Crippen molar-refractivity contribution in [2.24, 2.45) is 5.92 Å². The van der Waals surface area contributed by atoms with Crippen LogP contribution in [0.2, 0.25) is 0 Å². The second-order valence-electron chi connectivity index (χ2n) is 5.48. The van der Waals surface area contributed by atoms with Crippen LogP contribution in [0.4, 0.5) is 0 Å². The minimum absolute atomic E-state index is 0.0733. The van der Waals surface area contributed by atoms with E-state index in [9.17, 15) is 4.79 Å². The molecule has 0 saturated heterocycles. The second kappa shape index (κ2) is 8.52. The van der Waals surface area contributed by atoms with E-state index in [-0.39, 0.29) is 12.0 Å². The van der Waals surface area contributed by atoms with Gasteiger partial charge in [0.05, 0.1) is 6.61 Å². The molecule has 3 heteroatoms. The van der Waals surface area contributed by atoms with Crippen molar-refractivity contribution in [1.82, 2.24) is 5.32 Å². The van der Waals surface area contributed by atoms with Gasteiger partial charge in [-0.1, -0.05) is 39.5 Å². The van der Waals surface area contributed by atoms with Gasteiger partial charge >= 0.3 is 5.97 Å². The summed E-state index contributed by atoms with van der Waals surface area (Å²) in [6.07, 6.45) is 8.31. The molecular formula is C15H29NO2. The van der Waals surface area contributed by atoms with Crippen LogP contribution in [0.5, 0.6) is 0 Å². The number of esters is 1. The Bertz CT molecular complexity index is 243. The Balaban J connectivity index is 2.54. The molecule has 0 heterocycles. The van der Waals surface area contributed by atoms with E-state index in [1.165, 1.54) is 32.1 Å². The van der Waals surface area contributed by atoms with Crippen molar-refractivity contribution in [3.63, 3.8) is 0 Å². The predicted octanol–water partition coefficient (Wildman–Crippen LogP) is 3.28. The average molecular weight is 255 g/mol. The molecule has 0 spiro atoms. The van der Waals surface area contributed by atoms with Crippen LogP contribution in [0.25, 0.3) is 0 Å². The molecule has 0 aliphatic heterocycles. The summed E-state index contributed by atoms with van der Waals surface area (Å²) in [6, 6.07) is 0.369. The van der Waals surface area contributed by atoms with Crippen LogP contribution < -0.4 is 5.32 Å². The third kappa shape index (κ3) is 4.97. The lowest BCUT2D eigenvalue weighted by molar-refractivity contribution is -0.146. The Morgan fingerprint density at radius 1 is 1.28 bits per heavy atom. The van der Waals surface area contributed by atoms with Crippen molar-refractivity contribution in [3.05, 3.63) is 0 Å². The summed E-state index contributed by atoms with van der Waals surface area (Å²) in [6.45, 7) is 6.76. The third-order valence-corrected chi connectivity index (χ3v) is 3.93. The van der Waals surface area contributed by atoms with E-state index in [0.29, 0.717) is 18.6 Å². The van der Waals surface area contributed by atoms with E-state index in [0.717, 1.165) is 12.8 Å². The Morgan fingerprint density at radius 3 is 2.67 bits per heavy atom. The normalized spacial score (nSPS) is 26.4. The molecule has 1 N–H and O–H groups in total. The Labute approximate surface area is 112 Å². The first-order valence-electron chi connectivity index (χ1n) is 7.61. The number of hydrogen-bond acceptors (Lipinski definition) is 3. The smallest absolute Gasteiger partial charge is 0.323 e. The lowest BCUT2D eigenvalue weighted by Crippen LogP contribution is -2.46. The lowest BCUT2D eigenvalue weighted by Gasteiger charge is -2.27. The molecule has 1 aliphatic carbocycles. The maximum absolute atomic E-state index is 11.9. The second-order valence-corrected chi connectivity index (χ2v) is 5.48. The number of nitrogens with one attached hydrogen (secondary N) is 1. The maximum atomic E-state index is 11.9. The van der Waals surface area contributed by atoms with Crippen molar-refractivity contribution in [3.8, 4) is 0 Å². The molecule has 0 aromatic rings. The maximum Gasteiger partial charge on any atom is 0.323 e. The zero-order valence-corrected chi connectivity index (χ0v) is 12.2. The summed E-state index contributed by atoms with van der Waals surface area (Å²) in [5, 5.41) is 3.56. The number of rotatable bonds is 6.